The average molecular weight is 454 g/mol. The summed E-state index contributed by atoms with van der Waals surface area (Å²) in [4.78, 5) is 18.6. The molecule has 24 heavy (non-hydrogen) atoms. The zero-order valence-corrected chi connectivity index (χ0v) is 18.2. The van der Waals surface area contributed by atoms with Gasteiger partial charge in [-0.1, -0.05) is 6.92 Å². The normalized spacial score (nSPS) is 16.4. The van der Waals surface area contributed by atoms with Gasteiger partial charge in [-0.15, -0.1) is 24.0 Å². The highest BCUT2D eigenvalue weighted by Crippen LogP contribution is 2.15. The number of nitrogens with zero attached hydrogens (tertiary/aromatic N) is 2. The lowest BCUT2D eigenvalue weighted by Gasteiger charge is -2.33. The minimum atomic E-state index is -0.453. The lowest BCUT2D eigenvalue weighted by molar-refractivity contribution is 0.0527. The van der Waals surface area contributed by atoms with Crippen molar-refractivity contribution in [3.8, 4) is 0 Å². The van der Waals surface area contributed by atoms with E-state index in [4.69, 9.17) is 4.74 Å². The Kier molecular flexibility index (Phi) is 11.4. The number of halogens is 1. The van der Waals surface area contributed by atoms with Crippen LogP contribution in [0.25, 0.3) is 0 Å². The minimum Gasteiger partial charge on any atom is -0.444 e. The third-order valence-corrected chi connectivity index (χ3v) is 3.68. The van der Waals surface area contributed by atoms with Crippen molar-refractivity contribution >= 4 is 36.0 Å². The molecule has 0 saturated carbocycles. The van der Waals surface area contributed by atoms with Crippen molar-refractivity contribution < 1.29 is 9.53 Å². The van der Waals surface area contributed by atoms with Crippen LogP contribution in [0.3, 0.4) is 0 Å². The Morgan fingerprint density at radius 1 is 1.25 bits per heavy atom. The summed E-state index contributed by atoms with van der Waals surface area (Å²) in [5, 5.41) is 6.13. The van der Waals surface area contributed by atoms with E-state index in [-0.39, 0.29) is 30.1 Å². The molecule has 0 spiro atoms. The van der Waals surface area contributed by atoms with Gasteiger partial charge in [0.2, 0.25) is 0 Å². The number of likely N-dealkylation sites (tertiary alicyclic amines) is 1. The SMILES string of the molecule is CCNC(=NCCCNC(=O)OC(C)(C)C)N1CCC(C)CC1.I. The second-order valence-electron chi connectivity index (χ2n) is 7.19. The molecule has 2 N–H and O–H groups in total. The number of carbonyl (C=O) groups is 1. The van der Waals surface area contributed by atoms with Crippen molar-refractivity contribution in [2.24, 2.45) is 10.9 Å². The van der Waals surface area contributed by atoms with Crippen molar-refractivity contribution in [2.45, 2.75) is 59.5 Å². The number of hydrogen-bond acceptors (Lipinski definition) is 3. The van der Waals surface area contributed by atoms with Crippen molar-refractivity contribution in [3.05, 3.63) is 0 Å². The molecule has 1 saturated heterocycles. The Bertz CT molecular complexity index is 389. The molecule has 0 unspecified atom stereocenters. The fourth-order valence-electron chi connectivity index (χ4n) is 2.41. The van der Waals surface area contributed by atoms with Crippen molar-refractivity contribution in [1.82, 2.24) is 15.5 Å². The number of carbonyl (C=O) groups excluding carboxylic acids is 1. The van der Waals surface area contributed by atoms with Crippen LogP contribution in [-0.2, 0) is 4.74 Å². The van der Waals surface area contributed by atoms with Crippen LogP contribution in [0.15, 0.2) is 4.99 Å². The summed E-state index contributed by atoms with van der Waals surface area (Å²) in [5.74, 6) is 1.81. The molecule has 0 aromatic rings. The molecule has 0 bridgehead atoms. The van der Waals surface area contributed by atoms with Gasteiger partial charge in [0.15, 0.2) is 5.96 Å². The maximum absolute atomic E-state index is 11.5. The smallest absolute Gasteiger partial charge is 0.407 e. The lowest BCUT2D eigenvalue weighted by Crippen LogP contribution is -2.45. The first-order chi connectivity index (χ1) is 10.8. The minimum absolute atomic E-state index is 0. The number of nitrogens with one attached hydrogen (secondary N) is 2. The summed E-state index contributed by atoms with van der Waals surface area (Å²) in [7, 11) is 0. The molecule has 0 atom stereocenters. The number of guanidine groups is 1. The second kappa shape index (κ2) is 11.8. The van der Waals surface area contributed by atoms with E-state index in [1.165, 1.54) is 12.8 Å². The van der Waals surface area contributed by atoms with Gasteiger partial charge in [-0.2, -0.15) is 0 Å². The molecular weight excluding hydrogens is 419 g/mol. The summed E-state index contributed by atoms with van der Waals surface area (Å²) < 4.78 is 5.20. The molecule has 1 amide bonds. The van der Waals surface area contributed by atoms with Gasteiger partial charge in [-0.3, -0.25) is 4.99 Å². The Labute approximate surface area is 164 Å². The van der Waals surface area contributed by atoms with Gasteiger partial charge in [0.05, 0.1) is 0 Å². The number of rotatable bonds is 5. The largest absolute Gasteiger partial charge is 0.444 e. The molecule has 1 fully saturated rings. The Morgan fingerprint density at radius 2 is 1.88 bits per heavy atom. The zero-order valence-electron chi connectivity index (χ0n) is 15.9. The van der Waals surface area contributed by atoms with Gasteiger partial charge in [-0.05, 0) is 52.9 Å². The van der Waals surface area contributed by atoms with Crippen LogP contribution in [0.5, 0.6) is 0 Å². The summed E-state index contributed by atoms with van der Waals surface area (Å²) in [6.45, 7) is 14.3. The Hall–Kier alpha value is -0.730. The first-order valence-corrected chi connectivity index (χ1v) is 8.82. The van der Waals surface area contributed by atoms with Crippen LogP contribution in [-0.4, -0.2) is 55.3 Å². The van der Waals surface area contributed by atoms with Gasteiger partial charge in [0, 0.05) is 32.7 Å². The van der Waals surface area contributed by atoms with Gasteiger partial charge >= 0.3 is 6.09 Å². The molecule has 7 heteroatoms. The van der Waals surface area contributed by atoms with Gasteiger partial charge in [0.1, 0.15) is 5.60 Å². The van der Waals surface area contributed by atoms with E-state index in [0.29, 0.717) is 13.1 Å². The predicted molar refractivity (Wildman–Crippen MR) is 110 cm³/mol. The highest BCUT2D eigenvalue weighted by atomic mass is 127. The number of ether oxygens (including phenoxy) is 1. The van der Waals surface area contributed by atoms with Crippen LogP contribution >= 0.6 is 24.0 Å². The summed E-state index contributed by atoms with van der Waals surface area (Å²) >= 11 is 0. The third-order valence-electron chi connectivity index (χ3n) is 3.68. The standard InChI is InChI=1S/C17H34N4O2.HI/c1-6-18-15(21-12-8-14(2)9-13-21)19-10-7-11-20-16(22)23-17(3,4)5;/h14H,6-13H2,1-5H3,(H,18,19)(H,20,22);1H. The second-order valence-corrected chi connectivity index (χ2v) is 7.19. The molecule has 1 aliphatic rings. The van der Waals surface area contributed by atoms with Crippen LogP contribution in [0.4, 0.5) is 4.79 Å². The van der Waals surface area contributed by atoms with Gasteiger partial charge in [-0.25, -0.2) is 4.79 Å². The van der Waals surface area contributed by atoms with E-state index < -0.39 is 5.60 Å². The number of alkyl carbamates (subject to hydrolysis) is 1. The number of hydrogen-bond donors (Lipinski definition) is 2. The molecule has 0 aliphatic carbocycles. The van der Waals surface area contributed by atoms with E-state index in [2.05, 4.69) is 34.4 Å². The first-order valence-electron chi connectivity index (χ1n) is 8.82. The third kappa shape index (κ3) is 10.2. The van der Waals surface area contributed by atoms with Crippen molar-refractivity contribution in [1.29, 1.82) is 0 Å². The molecule has 0 radical (unpaired) electrons. The highest BCUT2D eigenvalue weighted by Gasteiger charge is 2.18. The van der Waals surface area contributed by atoms with Crippen molar-refractivity contribution in [3.63, 3.8) is 0 Å². The predicted octanol–water partition coefficient (Wildman–Crippen LogP) is 3.22. The lowest BCUT2D eigenvalue weighted by atomic mass is 10.00. The van der Waals surface area contributed by atoms with Crippen molar-refractivity contribution in [2.75, 3.05) is 32.7 Å². The van der Waals surface area contributed by atoms with Crippen LogP contribution in [0.2, 0.25) is 0 Å². The highest BCUT2D eigenvalue weighted by molar-refractivity contribution is 14.0. The first kappa shape index (κ1) is 23.3. The summed E-state index contributed by atoms with van der Waals surface area (Å²) in [6.07, 6.45) is 2.89. The molecule has 1 aliphatic heterocycles. The molecule has 142 valence electrons. The van der Waals surface area contributed by atoms with E-state index in [9.17, 15) is 4.79 Å². The maximum Gasteiger partial charge on any atom is 0.407 e. The zero-order chi connectivity index (χ0) is 17.3. The van der Waals surface area contributed by atoms with Gasteiger partial charge < -0.3 is 20.3 Å². The fraction of sp³-hybridized carbons (Fsp3) is 0.882. The van der Waals surface area contributed by atoms with E-state index in [1.54, 1.807) is 0 Å². The molecular formula is C17H35IN4O2. The van der Waals surface area contributed by atoms with Crippen LogP contribution in [0, 0.1) is 5.92 Å². The molecule has 1 heterocycles. The topological polar surface area (TPSA) is 66.0 Å². The summed E-state index contributed by atoms with van der Waals surface area (Å²) in [5.41, 5.74) is -0.453. The van der Waals surface area contributed by atoms with Gasteiger partial charge in [0.25, 0.3) is 0 Å². The molecule has 0 aromatic carbocycles. The monoisotopic (exact) mass is 454 g/mol. The van der Waals surface area contributed by atoms with E-state index in [0.717, 1.165) is 37.9 Å². The summed E-state index contributed by atoms with van der Waals surface area (Å²) in [6, 6.07) is 0. The maximum atomic E-state index is 11.5. The van der Waals surface area contributed by atoms with E-state index >= 15 is 0 Å². The Balaban J connectivity index is 0.00000529. The number of aliphatic imine (C=N–C) groups is 1. The molecule has 6 nitrogen and oxygen atoms in total. The molecule has 0 aromatic heterocycles. The average Bonchev–Trinajstić information content (AvgIpc) is 2.45. The Morgan fingerprint density at radius 3 is 2.42 bits per heavy atom. The molecule has 1 rings (SSSR count). The number of piperidine rings is 1. The number of amides is 1. The van der Waals surface area contributed by atoms with Crippen LogP contribution < -0.4 is 10.6 Å². The van der Waals surface area contributed by atoms with E-state index in [1.807, 2.05) is 20.8 Å². The fourth-order valence-corrected chi connectivity index (χ4v) is 2.41. The van der Waals surface area contributed by atoms with Crippen LogP contribution in [0.1, 0.15) is 53.9 Å². The quantitative estimate of drug-likeness (QED) is 0.290.